The lowest BCUT2D eigenvalue weighted by atomic mass is 10.1. The highest BCUT2D eigenvalue weighted by molar-refractivity contribution is 6.21. The molecule has 2 N–H and O–H groups in total. The number of aromatic nitrogens is 1. The summed E-state index contributed by atoms with van der Waals surface area (Å²) in [5, 5.41) is 13.4. The van der Waals surface area contributed by atoms with Crippen molar-refractivity contribution < 1.29 is 23.4 Å². The van der Waals surface area contributed by atoms with E-state index in [4.69, 9.17) is 9.15 Å². The molecular weight excluding hydrogens is 365 g/mol. The van der Waals surface area contributed by atoms with Crippen molar-refractivity contribution >= 4 is 41.2 Å². The van der Waals surface area contributed by atoms with Crippen LogP contribution in [0.5, 0.6) is 5.75 Å². The Morgan fingerprint density at radius 3 is 2.82 bits per heavy atom. The van der Waals surface area contributed by atoms with Crippen LogP contribution in [-0.2, 0) is 4.74 Å². The number of hydrogen-bond acceptors (Lipinski definition) is 7. The molecule has 1 aromatic carbocycles. The van der Waals surface area contributed by atoms with E-state index in [9.17, 15) is 14.3 Å². The second-order valence-corrected chi connectivity index (χ2v) is 5.87. The second-order valence-electron chi connectivity index (χ2n) is 5.87. The number of ether oxygens (including phenoxy) is 1. The summed E-state index contributed by atoms with van der Waals surface area (Å²) >= 11 is 0. The molecule has 0 saturated carbocycles. The summed E-state index contributed by atoms with van der Waals surface area (Å²) in [6.45, 7) is 0. The number of halogens is 1. The van der Waals surface area contributed by atoms with Crippen molar-refractivity contribution in [3.63, 3.8) is 0 Å². The van der Waals surface area contributed by atoms with Gasteiger partial charge in [0.2, 0.25) is 5.88 Å². The summed E-state index contributed by atoms with van der Waals surface area (Å²) < 4.78 is 23.5. The number of pyridine rings is 1. The fraction of sp³-hybridized carbons (Fsp3) is 0.0500. The monoisotopic (exact) mass is 379 g/mol. The predicted octanol–water partition coefficient (Wildman–Crippen LogP) is 4.31. The summed E-state index contributed by atoms with van der Waals surface area (Å²) in [7, 11) is 1.19. The van der Waals surface area contributed by atoms with E-state index in [2.05, 4.69) is 15.3 Å². The predicted molar refractivity (Wildman–Crippen MR) is 102 cm³/mol. The van der Waals surface area contributed by atoms with Gasteiger partial charge in [-0.1, -0.05) is 0 Å². The summed E-state index contributed by atoms with van der Waals surface area (Å²) in [6, 6.07) is 9.06. The first-order valence-corrected chi connectivity index (χ1v) is 8.24. The molecule has 8 heteroatoms. The number of fused-ring (bicyclic) bond motifs is 1. The van der Waals surface area contributed by atoms with Crippen LogP contribution < -0.4 is 5.32 Å². The van der Waals surface area contributed by atoms with Crippen LogP contribution in [0.1, 0.15) is 21.7 Å². The quantitative estimate of drug-likeness (QED) is 0.656. The first kappa shape index (κ1) is 17.5. The molecule has 0 fully saturated rings. The smallest absolute Gasteiger partial charge is 0.347 e. The van der Waals surface area contributed by atoms with E-state index in [1.54, 1.807) is 24.6 Å². The van der Waals surface area contributed by atoms with Crippen LogP contribution in [0.2, 0.25) is 0 Å². The van der Waals surface area contributed by atoms with E-state index >= 15 is 0 Å². The molecule has 0 radical (unpaired) electrons. The van der Waals surface area contributed by atoms with Gasteiger partial charge in [-0.2, -0.15) is 0 Å². The van der Waals surface area contributed by atoms with E-state index in [1.165, 1.54) is 31.4 Å². The van der Waals surface area contributed by atoms with Gasteiger partial charge in [0.25, 0.3) is 0 Å². The topological polar surface area (TPSA) is 97.0 Å². The Bertz CT molecular complexity index is 1120. The minimum atomic E-state index is -0.780. The molecular formula is C20H14FN3O4. The minimum Gasteiger partial charge on any atom is -0.504 e. The van der Waals surface area contributed by atoms with E-state index in [-0.39, 0.29) is 23.0 Å². The van der Waals surface area contributed by atoms with Crippen LogP contribution in [0.4, 0.5) is 21.8 Å². The van der Waals surface area contributed by atoms with Crippen molar-refractivity contribution in [1.29, 1.82) is 0 Å². The third-order valence-corrected chi connectivity index (χ3v) is 4.11. The molecule has 0 aliphatic carbocycles. The molecule has 1 aliphatic rings. The number of furan rings is 1. The first-order valence-electron chi connectivity index (χ1n) is 8.24. The van der Waals surface area contributed by atoms with Gasteiger partial charge < -0.3 is 19.6 Å². The molecule has 0 spiro atoms. The maximum atomic E-state index is 13.1. The Morgan fingerprint density at radius 2 is 2.07 bits per heavy atom. The van der Waals surface area contributed by atoms with Crippen LogP contribution in [0, 0.1) is 5.82 Å². The molecule has 0 saturated heterocycles. The Kier molecular flexibility index (Phi) is 4.36. The standard InChI is InChI=1S/C20H14FN3O4/c1-27-20(26)16-17(25)15(9-11-10-23-18-14(11)3-2-8-22-18)28-19(16)24-13-6-4-12(21)5-7-13/h2-10,24-25H,1H3. The number of rotatable bonds is 4. The van der Waals surface area contributed by atoms with Gasteiger partial charge in [0.1, 0.15) is 5.82 Å². The fourth-order valence-corrected chi connectivity index (χ4v) is 2.76. The molecule has 2 aromatic heterocycles. The largest absolute Gasteiger partial charge is 0.504 e. The van der Waals surface area contributed by atoms with Gasteiger partial charge in [-0.05, 0) is 42.5 Å². The molecule has 0 bridgehead atoms. The lowest BCUT2D eigenvalue weighted by molar-refractivity contribution is 0.0598. The molecule has 1 aliphatic heterocycles. The molecule has 0 amide bonds. The van der Waals surface area contributed by atoms with Crippen LogP contribution in [-0.4, -0.2) is 29.4 Å². The fourth-order valence-electron chi connectivity index (χ4n) is 2.76. The normalized spacial score (nSPS) is 13.6. The van der Waals surface area contributed by atoms with Gasteiger partial charge in [-0.25, -0.2) is 19.2 Å². The Hall–Kier alpha value is -3.94. The van der Waals surface area contributed by atoms with Crippen molar-refractivity contribution in [2.45, 2.75) is 0 Å². The van der Waals surface area contributed by atoms with Crippen molar-refractivity contribution in [2.24, 2.45) is 4.99 Å². The van der Waals surface area contributed by atoms with E-state index in [1.807, 2.05) is 6.07 Å². The number of hydrogen-bond donors (Lipinski definition) is 2. The number of methoxy groups -OCH3 is 1. The highest BCUT2D eigenvalue weighted by Gasteiger charge is 2.27. The number of nitrogens with zero attached hydrogens (tertiary/aromatic N) is 2. The lowest BCUT2D eigenvalue weighted by Gasteiger charge is -2.05. The molecule has 4 rings (SSSR count). The minimum absolute atomic E-state index is 0.0239. The van der Waals surface area contributed by atoms with Crippen LogP contribution in [0.25, 0.3) is 11.6 Å². The number of carbonyl (C=O) groups is 1. The zero-order valence-corrected chi connectivity index (χ0v) is 14.6. The van der Waals surface area contributed by atoms with Gasteiger partial charge >= 0.3 is 5.97 Å². The summed E-state index contributed by atoms with van der Waals surface area (Å²) in [4.78, 5) is 20.5. The van der Waals surface area contributed by atoms with Gasteiger partial charge in [0.05, 0.1) is 7.11 Å². The number of anilines is 2. The maximum absolute atomic E-state index is 13.1. The lowest BCUT2D eigenvalue weighted by Crippen LogP contribution is -2.03. The van der Waals surface area contributed by atoms with Gasteiger partial charge in [-0.15, -0.1) is 0 Å². The van der Waals surface area contributed by atoms with E-state index in [0.29, 0.717) is 17.1 Å². The average Bonchev–Trinajstić information content (AvgIpc) is 3.25. The molecule has 3 aromatic rings. The number of aliphatic imine (C=N–C) groups is 1. The number of esters is 1. The number of carbonyl (C=O) groups excluding carboxylic acids is 1. The molecule has 0 unspecified atom stereocenters. The Balaban J connectivity index is 1.76. The molecule has 7 nitrogen and oxygen atoms in total. The van der Waals surface area contributed by atoms with Crippen molar-refractivity contribution in [3.8, 4) is 5.75 Å². The van der Waals surface area contributed by atoms with E-state index in [0.717, 1.165) is 5.56 Å². The first-order chi connectivity index (χ1) is 13.6. The SMILES string of the molecule is COC(=O)c1c(Nc2ccc(F)cc2)oc(C=C2C=Nc3ncccc32)c1O. The maximum Gasteiger partial charge on any atom is 0.347 e. The zero-order valence-electron chi connectivity index (χ0n) is 14.6. The number of nitrogens with one attached hydrogen (secondary N) is 1. The van der Waals surface area contributed by atoms with Gasteiger partial charge in [0, 0.05) is 29.2 Å². The molecule has 28 heavy (non-hydrogen) atoms. The summed E-state index contributed by atoms with van der Waals surface area (Å²) in [5.74, 6) is -0.989. The third kappa shape index (κ3) is 3.11. The summed E-state index contributed by atoms with van der Waals surface area (Å²) in [6.07, 6.45) is 4.77. The zero-order chi connectivity index (χ0) is 19.7. The van der Waals surface area contributed by atoms with Crippen LogP contribution >= 0.6 is 0 Å². The number of aromatic hydroxyl groups is 1. The van der Waals surface area contributed by atoms with Gasteiger partial charge in [-0.3, -0.25) is 0 Å². The summed E-state index contributed by atoms with van der Waals surface area (Å²) in [5.41, 5.74) is 1.74. The Labute approximate surface area is 158 Å². The Morgan fingerprint density at radius 1 is 1.29 bits per heavy atom. The highest BCUT2D eigenvalue weighted by atomic mass is 19.1. The number of allylic oxidation sites excluding steroid dienone is 1. The van der Waals surface area contributed by atoms with Gasteiger partial charge in [0.15, 0.2) is 22.9 Å². The van der Waals surface area contributed by atoms with Crippen molar-refractivity contribution in [3.05, 3.63) is 65.3 Å². The van der Waals surface area contributed by atoms with Crippen LogP contribution in [0.15, 0.2) is 52.0 Å². The van der Waals surface area contributed by atoms with Crippen molar-refractivity contribution in [1.82, 2.24) is 4.98 Å². The number of benzene rings is 1. The van der Waals surface area contributed by atoms with E-state index < -0.39 is 11.8 Å². The molecule has 0 atom stereocenters. The highest BCUT2D eigenvalue weighted by Crippen LogP contribution is 2.39. The third-order valence-electron chi connectivity index (χ3n) is 4.11. The molecule has 3 heterocycles. The van der Waals surface area contributed by atoms with Crippen LogP contribution in [0.3, 0.4) is 0 Å². The molecule has 140 valence electrons. The average molecular weight is 379 g/mol. The second kappa shape index (κ2) is 6.99. The van der Waals surface area contributed by atoms with Crippen molar-refractivity contribution in [2.75, 3.05) is 12.4 Å².